The molecule has 0 saturated heterocycles. The average molecular weight is 228 g/mol. The van der Waals surface area contributed by atoms with Gasteiger partial charge in [-0.15, -0.1) is 0 Å². The van der Waals surface area contributed by atoms with Crippen LogP contribution in [0.3, 0.4) is 0 Å². The molecule has 1 aliphatic rings. The lowest BCUT2D eigenvalue weighted by Crippen LogP contribution is -2.45. The second-order valence-corrected chi connectivity index (χ2v) is 4.98. The summed E-state index contributed by atoms with van der Waals surface area (Å²) < 4.78 is 0. The van der Waals surface area contributed by atoms with Gasteiger partial charge in [0.05, 0.1) is 12.6 Å². The Kier molecular flexibility index (Phi) is 5.22. The van der Waals surface area contributed by atoms with Crippen molar-refractivity contribution in [2.24, 2.45) is 11.1 Å². The Bertz CT molecular complexity index is 225. The second-order valence-electron chi connectivity index (χ2n) is 4.98. The number of carbonyl (C=O) groups is 1. The molecule has 0 aliphatic heterocycles. The minimum absolute atomic E-state index is 0.0818. The van der Waals surface area contributed by atoms with Crippen LogP contribution in [0.25, 0.3) is 0 Å². The number of hydrogen-bond acceptors (Lipinski definition) is 3. The zero-order valence-corrected chi connectivity index (χ0v) is 10.2. The molecule has 1 rings (SSSR count). The SMILES string of the molecule is CCCC(N)C(=O)NCC1(CO)CCCC1. The fraction of sp³-hybridized carbons (Fsp3) is 0.917. The molecule has 0 radical (unpaired) electrons. The molecule has 0 spiro atoms. The van der Waals surface area contributed by atoms with E-state index in [0.717, 1.165) is 38.5 Å². The highest BCUT2D eigenvalue weighted by atomic mass is 16.3. The molecule has 1 atom stereocenters. The maximum Gasteiger partial charge on any atom is 0.236 e. The maximum absolute atomic E-state index is 11.6. The van der Waals surface area contributed by atoms with Gasteiger partial charge in [-0.2, -0.15) is 0 Å². The third-order valence-electron chi connectivity index (χ3n) is 3.57. The van der Waals surface area contributed by atoms with Gasteiger partial charge in [-0.3, -0.25) is 4.79 Å². The van der Waals surface area contributed by atoms with Crippen molar-refractivity contribution in [1.82, 2.24) is 5.32 Å². The summed E-state index contributed by atoms with van der Waals surface area (Å²) in [6.45, 7) is 2.75. The predicted molar refractivity (Wildman–Crippen MR) is 63.9 cm³/mol. The number of nitrogens with one attached hydrogen (secondary N) is 1. The van der Waals surface area contributed by atoms with Crippen LogP contribution in [0.4, 0.5) is 0 Å². The van der Waals surface area contributed by atoms with Gasteiger partial charge in [0.15, 0.2) is 0 Å². The van der Waals surface area contributed by atoms with Crippen molar-refractivity contribution in [3.05, 3.63) is 0 Å². The van der Waals surface area contributed by atoms with Crippen LogP contribution in [0.5, 0.6) is 0 Å². The minimum atomic E-state index is -0.401. The molecule has 1 amide bonds. The summed E-state index contributed by atoms with van der Waals surface area (Å²) >= 11 is 0. The first kappa shape index (κ1) is 13.5. The first-order valence-electron chi connectivity index (χ1n) is 6.28. The van der Waals surface area contributed by atoms with E-state index in [1.807, 2.05) is 6.92 Å². The first-order valence-corrected chi connectivity index (χ1v) is 6.28. The van der Waals surface area contributed by atoms with E-state index in [1.165, 1.54) is 0 Å². The van der Waals surface area contributed by atoms with E-state index in [9.17, 15) is 9.90 Å². The van der Waals surface area contributed by atoms with Crippen LogP contribution in [0.1, 0.15) is 45.4 Å². The molecule has 0 aromatic rings. The molecule has 4 heteroatoms. The molecular weight excluding hydrogens is 204 g/mol. The van der Waals surface area contributed by atoms with Gasteiger partial charge < -0.3 is 16.2 Å². The zero-order valence-electron chi connectivity index (χ0n) is 10.2. The number of rotatable bonds is 6. The van der Waals surface area contributed by atoms with E-state index in [1.54, 1.807) is 0 Å². The highest BCUT2D eigenvalue weighted by molar-refractivity contribution is 5.81. The van der Waals surface area contributed by atoms with Gasteiger partial charge in [-0.1, -0.05) is 26.2 Å². The number of aliphatic hydroxyl groups is 1. The summed E-state index contributed by atoms with van der Waals surface area (Å²) in [4.78, 5) is 11.6. The Hall–Kier alpha value is -0.610. The minimum Gasteiger partial charge on any atom is -0.396 e. The molecule has 1 saturated carbocycles. The lowest BCUT2D eigenvalue weighted by Gasteiger charge is -2.27. The van der Waals surface area contributed by atoms with Crippen LogP contribution in [-0.4, -0.2) is 30.2 Å². The van der Waals surface area contributed by atoms with Crippen molar-refractivity contribution in [3.63, 3.8) is 0 Å². The van der Waals surface area contributed by atoms with Gasteiger partial charge in [-0.05, 0) is 19.3 Å². The van der Waals surface area contributed by atoms with Crippen molar-refractivity contribution in [2.45, 2.75) is 51.5 Å². The third kappa shape index (κ3) is 3.46. The average Bonchev–Trinajstić information content (AvgIpc) is 2.75. The molecule has 4 nitrogen and oxygen atoms in total. The van der Waals surface area contributed by atoms with Crippen LogP contribution in [-0.2, 0) is 4.79 Å². The number of amides is 1. The van der Waals surface area contributed by atoms with Crippen LogP contribution in [0.15, 0.2) is 0 Å². The van der Waals surface area contributed by atoms with E-state index < -0.39 is 6.04 Å². The van der Waals surface area contributed by atoms with E-state index in [-0.39, 0.29) is 17.9 Å². The van der Waals surface area contributed by atoms with Crippen molar-refractivity contribution in [2.75, 3.05) is 13.2 Å². The standard InChI is InChI=1S/C12H24N2O2/c1-2-5-10(13)11(16)14-8-12(9-15)6-3-4-7-12/h10,15H,2-9,13H2,1H3,(H,14,16). The monoisotopic (exact) mass is 228 g/mol. The van der Waals surface area contributed by atoms with E-state index >= 15 is 0 Å². The Morgan fingerprint density at radius 3 is 2.62 bits per heavy atom. The molecule has 0 heterocycles. The fourth-order valence-electron chi connectivity index (χ4n) is 2.36. The predicted octanol–water partition coefficient (Wildman–Crippen LogP) is 0.783. The lowest BCUT2D eigenvalue weighted by molar-refractivity contribution is -0.123. The van der Waals surface area contributed by atoms with Crippen LogP contribution < -0.4 is 11.1 Å². The molecule has 1 unspecified atom stereocenters. The summed E-state index contributed by atoms with van der Waals surface area (Å²) in [6, 6.07) is -0.401. The Labute approximate surface area is 97.6 Å². The first-order chi connectivity index (χ1) is 7.63. The molecule has 1 aliphatic carbocycles. The molecule has 4 N–H and O–H groups in total. The number of aliphatic hydroxyl groups excluding tert-OH is 1. The number of hydrogen-bond donors (Lipinski definition) is 3. The largest absolute Gasteiger partial charge is 0.396 e. The fourth-order valence-corrected chi connectivity index (χ4v) is 2.36. The summed E-state index contributed by atoms with van der Waals surface area (Å²) in [6.07, 6.45) is 5.95. The summed E-state index contributed by atoms with van der Waals surface area (Å²) in [5.41, 5.74) is 5.64. The van der Waals surface area contributed by atoms with Crippen molar-refractivity contribution in [1.29, 1.82) is 0 Å². The van der Waals surface area contributed by atoms with E-state index in [2.05, 4.69) is 5.32 Å². The topological polar surface area (TPSA) is 75.4 Å². The van der Waals surface area contributed by atoms with Crippen molar-refractivity contribution < 1.29 is 9.90 Å². The van der Waals surface area contributed by atoms with Crippen LogP contribution in [0.2, 0.25) is 0 Å². The Balaban J connectivity index is 2.35. The lowest BCUT2D eigenvalue weighted by atomic mass is 9.87. The molecule has 16 heavy (non-hydrogen) atoms. The molecule has 0 bridgehead atoms. The van der Waals surface area contributed by atoms with Gasteiger partial charge >= 0.3 is 0 Å². The Morgan fingerprint density at radius 1 is 1.50 bits per heavy atom. The van der Waals surface area contributed by atoms with Gasteiger partial charge in [-0.25, -0.2) is 0 Å². The highest BCUT2D eigenvalue weighted by Crippen LogP contribution is 2.36. The summed E-state index contributed by atoms with van der Waals surface area (Å²) in [5, 5.41) is 12.3. The van der Waals surface area contributed by atoms with Crippen LogP contribution >= 0.6 is 0 Å². The smallest absolute Gasteiger partial charge is 0.236 e. The van der Waals surface area contributed by atoms with Crippen LogP contribution in [0, 0.1) is 5.41 Å². The molecule has 94 valence electrons. The van der Waals surface area contributed by atoms with E-state index in [4.69, 9.17) is 5.73 Å². The van der Waals surface area contributed by atoms with Gasteiger partial charge in [0, 0.05) is 12.0 Å². The van der Waals surface area contributed by atoms with Crippen molar-refractivity contribution in [3.8, 4) is 0 Å². The van der Waals surface area contributed by atoms with Gasteiger partial charge in [0.2, 0.25) is 5.91 Å². The zero-order chi connectivity index (χ0) is 12.0. The molecule has 0 aromatic heterocycles. The summed E-state index contributed by atoms with van der Waals surface area (Å²) in [5.74, 6) is -0.0819. The third-order valence-corrected chi connectivity index (χ3v) is 3.57. The number of nitrogens with two attached hydrogens (primary N) is 1. The highest BCUT2D eigenvalue weighted by Gasteiger charge is 2.33. The van der Waals surface area contributed by atoms with Gasteiger partial charge in [0.25, 0.3) is 0 Å². The van der Waals surface area contributed by atoms with Crippen molar-refractivity contribution >= 4 is 5.91 Å². The summed E-state index contributed by atoms with van der Waals surface area (Å²) in [7, 11) is 0. The molecule has 0 aromatic carbocycles. The second kappa shape index (κ2) is 6.21. The molecular formula is C12H24N2O2. The quantitative estimate of drug-likeness (QED) is 0.629. The van der Waals surface area contributed by atoms with E-state index in [0.29, 0.717) is 6.54 Å². The number of carbonyl (C=O) groups excluding carboxylic acids is 1. The Morgan fingerprint density at radius 2 is 2.12 bits per heavy atom. The maximum atomic E-state index is 11.6. The molecule has 1 fully saturated rings. The normalized spacial score (nSPS) is 20.7. The van der Waals surface area contributed by atoms with Gasteiger partial charge in [0.1, 0.15) is 0 Å².